The molecule has 1 rings (SSSR count). The van der Waals surface area contributed by atoms with Gasteiger partial charge in [0.1, 0.15) is 11.6 Å². The molecule has 0 radical (unpaired) electrons. The van der Waals surface area contributed by atoms with E-state index in [-0.39, 0.29) is 18.2 Å². The van der Waals surface area contributed by atoms with Gasteiger partial charge in [-0.3, -0.25) is 4.79 Å². The molecule has 0 aromatic carbocycles. The minimum atomic E-state index is -0.504. The molecule has 20 heavy (non-hydrogen) atoms. The monoisotopic (exact) mass is 282 g/mol. The topological polar surface area (TPSA) is 113 Å². The summed E-state index contributed by atoms with van der Waals surface area (Å²) in [6.45, 7) is 4.56. The molecule has 0 aliphatic carbocycles. The number of hydrogen-bond donors (Lipinski definition) is 2. The number of amides is 1. The molecule has 0 aliphatic heterocycles. The van der Waals surface area contributed by atoms with Gasteiger partial charge in [0.2, 0.25) is 5.91 Å². The molecule has 7 heteroatoms. The molecular weight excluding hydrogens is 260 g/mol. The summed E-state index contributed by atoms with van der Waals surface area (Å²) in [5.74, 6) is 0.242. The number of nitrogens with zero attached hydrogens (tertiary/aromatic N) is 2. The van der Waals surface area contributed by atoms with Gasteiger partial charge in [0.05, 0.1) is 6.61 Å². The van der Waals surface area contributed by atoms with Crippen molar-refractivity contribution in [3.63, 3.8) is 0 Å². The second-order valence-electron chi connectivity index (χ2n) is 4.41. The third kappa shape index (κ3) is 3.97. The number of esters is 1. The lowest BCUT2D eigenvalue weighted by molar-refractivity contribution is -0.118. The fourth-order valence-corrected chi connectivity index (χ4v) is 1.95. The number of carbonyl (C=O) groups is 2. The third-order valence-corrected chi connectivity index (χ3v) is 2.93. The smallest absolute Gasteiger partial charge is 0.360 e. The first kappa shape index (κ1) is 16.0. The van der Waals surface area contributed by atoms with Crippen LogP contribution in [0.2, 0.25) is 0 Å². The predicted molar refractivity (Wildman–Crippen MR) is 75.0 cm³/mol. The number of nitrogens with two attached hydrogens (primary N) is 2. The first-order valence-corrected chi connectivity index (χ1v) is 6.81. The molecule has 0 spiro atoms. The van der Waals surface area contributed by atoms with E-state index in [1.54, 1.807) is 11.5 Å². The lowest BCUT2D eigenvalue weighted by atomic mass is 10.2. The number of anilines is 1. The summed E-state index contributed by atoms with van der Waals surface area (Å²) in [4.78, 5) is 26.6. The van der Waals surface area contributed by atoms with Crippen molar-refractivity contribution in [1.82, 2.24) is 9.55 Å². The van der Waals surface area contributed by atoms with Crippen molar-refractivity contribution in [2.45, 2.75) is 46.1 Å². The molecule has 0 unspecified atom stereocenters. The zero-order valence-electron chi connectivity index (χ0n) is 12.0. The molecule has 1 aromatic rings. The average molecular weight is 282 g/mol. The Labute approximate surface area is 118 Å². The second kappa shape index (κ2) is 7.52. The van der Waals surface area contributed by atoms with Gasteiger partial charge in [-0.25, -0.2) is 9.78 Å². The van der Waals surface area contributed by atoms with Gasteiger partial charge in [-0.1, -0.05) is 6.92 Å². The van der Waals surface area contributed by atoms with Gasteiger partial charge in [0, 0.05) is 19.4 Å². The van der Waals surface area contributed by atoms with Gasteiger partial charge in [0.25, 0.3) is 0 Å². The van der Waals surface area contributed by atoms with Gasteiger partial charge in [0.15, 0.2) is 5.69 Å². The Morgan fingerprint density at radius 2 is 2.00 bits per heavy atom. The SMILES string of the molecule is CCOC(=O)c1nc(CC)n(CCCCC(N)=O)c1N. The van der Waals surface area contributed by atoms with Crippen LogP contribution in [-0.2, 0) is 22.5 Å². The van der Waals surface area contributed by atoms with Crippen molar-refractivity contribution in [2.24, 2.45) is 5.73 Å². The van der Waals surface area contributed by atoms with Crippen LogP contribution >= 0.6 is 0 Å². The first-order chi connectivity index (χ1) is 9.51. The molecule has 1 amide bonds. The molecule has 0 bridgehead atoms. The lowest BCUT2D eigenvalue weighted by Crippen LogP contribution is -2.12. The maximum Gasteiger partial charge on any atom is 0.360 e. The van der Waals surface area contributed by atoms with Crippen LogP contribution in [0.1, 0.15) is 49.4 Å². The van der Waals surface area contributed by atoms with E-state index in [1.165, 1.54) is 0 Å². The van der Waals surface area contributed by atoms with E-state index >= 15 is 0 Å². The number of ether oxygens (including phenoxy) is 1. The Bertz CT molecular complexity index is 482. The molecule has 4 N–H and O–H groups in total. The normalized spacial score (nSPS) is 10.5. The lowest BCUT2D eigenvalue weighted by Gasteiger charge is -2.08. The number of aromatic nitrogens is 2. The molecule has 1 heterocycles. The summed E-state index contributed by atoms with van der Waals surface area (Å²) >= 11 is 0. The highest BCUT2D eigenvalue weighted by molar-refractivity contribution is 5.92. The molecule has 112 valence electrons. The minimum absolute atomic E-state index is 0.165. The Morgan fingerprint density at radius 1 is 1.30 bits per heavy atom. The number of hydrogen-bond acceptors (Lipinski definition) is 5. The van der Waals surface area contributed by atoms with E-state index in [9.17, 15) is 9.59 Å². The Kier molecular flexibility index (Phi) is 6.02. The molecule has 0 saturated heterocycles. The van der Waals surface area contributed by atoms with Crippen LogP contribution in [0.25, 0.3) is 0 Å². The summed E-state index contributed by atoms with van der Waals surface area (Å²) in [5, 5.41) is 0. The van der Waals surface area contributed by atoms with Crippen molar-refractivity contribution in [1.29, 1.82) is 0 Å². The third-order valence-electron chi connectivity index (χ3n) is 2.93. The first-order valence-electron chi connectivity index (χ1n) is 6.81. The van der Waals surface area contributed by atoms with Gasteiger partial charge in [-0.05, 0) is 19.8 Å². The number of rotatable bonds is 8. The molecule has 7 nitrogen and oxygen atoms in total. The molecule has 0 fully saturated rings. The molecule has 0 atom stereocenters. The Balaban J connectivity index is 2.78. The van der Waals surface area contributed by atoms with Gasteiger partial charge < -0.3 is 20.8 Å². The number of unbranched alkanes of at least 4 members (excludes halogenated alkanes) is 1. The van der Waals surface area contributed by atoms with Gasteiger partial charge in [-0.15, -0.1) is 0 Å². The standard InChI is InChI=1S/C13H22N4O3/c1-3-10-16-11(13(19)20-4-2)12(15)17(10)8-6-5-7-9(14)18/h3-8,15H2,1-2H3,(H2,14,18). The van der Waals surface area contributed by atoms with Crippen LogP contribution in [0.3, 0.4) is 0 Å². The number of primary amides is 1. The van der Waals surface area contributed by atoms with Crippen LogP contribution in [0.5, 0.6) is 0 Å². The van der Waals surface area contributed by atoms with Crippen LogP contribution in [0, 0.1) is 0 Å². The average Bonchev–Trinajstić information content (AvgIpc) is 2.71. The summed E-state index contributed by atoms with van der Waals surface area (Å²) < 4.78 is 6.72. The Hall–Kier alpha value is -2.05. The number of nitrogen functional groups attached to an aromatic ring is 1. The maximum absolute atomic E-state index is 11.7. The van der Waals surface area contributed by atoms with Crippen LogP contribution < -0.4 is 11.5 Å². The van der Waals surface area contributed by atoms with E-state index in [0.717, 1.165) is 12.2 Å². The summed E-state index contributed by atoms with van der Waals surface area (Å²) in [6, 6.07) is 0. The van der Waals surface area contributed by atoms with Gasteiger partial charge >= 0.3 is 5.97 Å². The van der Waals surface area contributed by atoms with E-state index in [2.05, 4.69) is 4.98 Å². The van der Waals surface area contributed by atoms with Gasteiger partial charge in [-0.2, -0.15) is 0 Å². The summed E-state index contributed by atoms with van der Waals surface area (Å²) in [7, 11) is 0. The fourth-order valence-electron chi connectivity index (χ4n) is 1.95. The van der Waals surface area contributed by atoms with Crippen LogP contribution in [-0.4, -0.2) is 28.0 Å². The number of carbonyl (C=O) groups excluding carboxylic acids is 2. The number of aryl methyl sites for hydroxylation is 1. The zero-order valence-corrected chi connectivity index (χ0v) is 12.0. The van der Waals surface area contributed by atoms with E-state index < -0.39 is 5.97 Å². The van der Waals surface area contributed by atoms with Crippen LogP contribution in [0.15, 0.2) is 0 Å². The molecule has 1 aromatic heterocycles. The highest BCUT2D eigenvalue weighted by Gasteiger charge is 2.20. The largest absolute Gasteiger partial charge is 0.461 e. The maximum atomic E-state index is 11.7. The van der Waals surface area contributed by atoms with Crippen molar-refractivity contribution in [3.05, 3.63) is 11.5 Å². The molecule has 0 aliphatic rings. The summed E-state index contributed by atoms with van der Waals surface area (Å²) in [6.07, 6.45) is 2.45. The minimum Gasteiger partial charge on any atom is -0.461 e. The van der Waals surface area contributed by atoms with E-state index in [1.807, 2.05) is 6.92 Å². The highest BCUT2D eigenvalue weighted by Crippen LogP contribution is 2.17. The predicted octanol–water partition coefficient (Wildman–Crippen LogP) is 0.860. The highest BCUT2D eigenvalue weighted by atomic mass is 16.5. The van der Waals surface area contributed by atoms with Crippen molar-refractivity contribution in [2.75, 3.05) is 12.3 Å². The van der Waals surface area contributed by atoms with E-state index in [4.69, 9.17) is 16.2 Å². The quantitative estimate of drug-likeness (QED) is 0.542. The number of imidazole rings is 1. The Morgan fingerprint density at radius 3 is 2.55 bits per heavy atom. The molecular formula is C13H22N4O3. The van der Waals surface area contributed by atoms with Crippen molar-refractivity contribution >= 4 is 17.7 Å². The van der Waals surface area contributed by atoms with Crippen molar-refractivity contribution < 1.29 is 14.3 Å². The molecule has 0 saturated carbocycles. The van der Waals surface area contributed by atoms with Crippen molar-refractivity contribution in [3.8, 4) is 0 Å². The summed E-state index contributed by atoms with van der Waals surface area (Å²) in [5.41, 5.74) is 11.2. The fraction of sp³-hybridized carbons (Fsp3) is 0.615. The zero-order chi connectivity index (χ0) is 15.1. The second-order valence-corrected chi connectivity index (χ2v) is 4.41. The van der Waals surface area contributed by atoms with Crippen LogP contribution in [0.4, 0.5) is 5.82 Å². The van der Waals surface area contributed by atoms with E-state index in [0.29, 0.717) is 31.6 Å².